The minimum Gasteiger partial charge on any atom is -0.383 e. The number of rotatable bonds is 4. The maximum absolute atomic E-state index is 15.8. The zero-order valence-corrected chi connectivity index (χ0v) is 19.3. The Balaban J connectivity index is 1.34. The fraction of sp³-hybridized carbons (Fsp3) is 0.269. The van der Waals surface area contributed by atoms with Crippen LogP contribution in [-0.2, 0) is 23.8 Å². The second kappa shape index (κ2) is 8.25. The van der Waals surface area contributed by atoms with Crippen LogP contribution in [0.4, 0.5) is 33.5 Å². The summed E-state index contributed by atoms with van der Waals surface area (Å²) in [6.45, 7) is 0.129. The number of fused-ring (bicyclic) bond motifs is 2. The molecular formula is C26H20F5N5O. The van der Waals surface area contributed by atoms with Gasteiger partial charge in [-0.05, 0) is 55.2 Å². The lowest BCUT2D eigenvalue weighted by Crippen LogP contribution is -2.30. The van der Waals surface area contributed by atoms with Gasteiger partial charge in [-0.2, -0.15) is 13.2 Å². The Morgan fingerprint density at radius 3 is 2.59 bits per heavy atom. The molecule has 1 aliphatic carbocycles. The zero-order valence-electron chi connectivity index (χ0n) is 19.3. The summed E-state index contributed by atoms with van der Waals surface area (Å²) in [7, 11) is 0. The number of nitrogens with zero attached hydrogens (tertiary/aromatic N) is 4. The Morgan fingerprint density at radius 2 is 1.86 bits per heavy atom. The molecule has 3 heterocycles. The van der Waals surface area contributed by atoms with Crippen LogP contribution in [0.25, 0.3) is 22.2 Å². The summed E-state index contributed by atoms with van der Waals surface area (Å²) in [5.74, 6) is -1.81. The van der Waals surface area contributed by atoms with Gasteiger partial charge in [0.05, 0.1) is 17.4 Å². The van der Waals surface area contributed by atoms with E-state index in [0.29, 0.717) is 51.6 Å². The lowest BCUT2D eigenvalue weighted by atomic mass is 10.0. The van der Waals surface area contributed by atoms with Gasteiger partial charge >= 0.3 is 6.18 Å². The molecule has 0 atom stereocenters. The summed E-state index contributed by atoms with van der Waals surface area (Å²) in [5.41, 5.74) is 6.82. The number of halogens is 5. The Labute approximate surface area is 207 Å². The first-order valence-corrected chi connectivity index (χ1v) is 11.7. The molecule has 0 spiro atoms. The lowest BCUT2D eigenvalue weighted by molar-refractivity contribution is -0.137. The van der Waals surface area contributed by atoms with Crippen LogP contribution in [-0.4, -0.2) is 27.0 Å². The molecule has 0 unspecified atom stereocenters. The second-order valence-corrected chi connectivity index (χ2v) is 9.34. The summed E-state index contributed by atoms with van der Waals surface area (Å²) >= 11 is 0. The highest BCUT2D eigenvalue weighted by molar-refractivity contribution is 6.02. The van der Waals surface area contributed by atoms with E-state index in [2.05, 4.69) is 9.97 Å². The van der Waals surface area contributed by atoms with Crippen LogP contribution in [0.15, 0.2) is 42.9 Å². The summed E-state index contributed by atoms with van der Waals surface area (Å²) < 4.78 is 71.2. The highest BCUT2D eigenvalue weighted by Gasteiger charge is 2.34. The van der Waals surface area contributed by atoms with Gasteiger partial charge in [0.1, 0.15) is 29.4 Å². The van der Waals surface area contributed by atoms with Gasteiger partial charge in [-0.1, -0.05) is 0 Å². The van der Waals surface area contributed by atoms with Gasteiger partial charge in [-0.3, -0.25) is 4.79 Å². The molecule has 2 aromatic carbocycles. The van der Waals surface area contributed by atoms with E-state index >= 15 is 4.39 Å². The largest absolute Gasteiger partial charge is 0.416 e. The molecule has 1 saturated carbocycles. The van der Waals surface area contributed by atoms with Crippen molar-refractivity contribution >= 4 is 28.4 Å². The van der Waals surface area contributed by atoms with Gasteiger partial charge < -0.3 is 15.2 Å². The number of amides is 1. The molecule has 0 saturated heterocycles. The number of nitrogens with two attached hydrogens (primary N) is 1. The van der Waals surface area contributed by atoms with Crippen LogP contribution < -0.4 is 10.6 Å². The van der Waals surface area contributed by atoms with E-state index in [-0.39, 0.29) is 30.4 Å². The van der Waals surface area contributed by atoms with Crippen LogP contribution in [0.5, 0.6) is 0 Å². The summed E-state index contributed by atoms with van der Waals surface area (Å²) in [6, 6.07) is 5.37. The highest BCUT2D eigenvalue weighted by Crippen LogP contribution is 2.44. The number of nitrogen functional groups attached to an aromatic ring is 1. The van der Waals surface area contributed by atoms with Gasteiger partial charge in [-0.25, -0.2) is 18.7 Å². The first-order chi connectivity index (χ1) is 17.6. The van der Waals surface area contributed by atoms with Gasteiger partial charge in [0.2, 0.25) is 5.91 Å². The molecule has 11 heteroatoms. The van der Waals surface area contributed by atoms with Gasteiger partial charge in [0.15, 0.2) is 0 Å². The zero-order chi connectivity index (χ0) is 26.1. The Hall–Kier alpha value is -4.02. The van der Waals surface area contributed by atoms with E-state index in [1.165, 1.54) is 11.2 Å². The van der Waals surface area contributed by atoms with Crippen molar-refractivity contribution in [2.75, 3.05) is 17.2 Å². The number of hydrogen-bond donors (Lipinski definition) is 1. The molecular weight excluding hydrogens is 493 g/mol. The molecule has 1 fully saturated rings. The molecule has 2 aromatic heterocycles. The van der Waals surface area contributed by atoms with Crippen LogP contribution >= 0.6 is 0 Å². The molecule has 0 bridgehead atoms. The van der Waals surface area contributed by atoms with Crippen molar-refractivity contribution < 1.29 is 26.7 Å². The van der Waals surface area contributed by atoms with Crippen molar-refractivity contribution in [2.24, 2.45) is 0 Å². The third kappa shape index (κ3) is 3.89. The second-order valence-electron chi connectivity index (χ2n) is 9.34. The Bertz CT molecular complexity index is 1570. The highest BCUT2D eigenvalue weighted by atomic mass is 19.4. The molecule has 2 N–H and O–H groups in total. The van der Waals surface area contributed by atoms with E-state index in [1.54, 1.807) is 12.1 Å². The van der Waals surface area contributed by atoms with Crippen molar-refractivity contribution in [3.8, 4) is 11.1 Å². The fourth-order valence-corrected chi connectivity index (χ4v) is 5.00. The third-order valence-corrected chi connectivity index (χ3v) is 6.98. The third-order valence-electron chi connectivity index (χ3n) is 6.98. The van der Waals surface area contributed by atoms with Gasteiger partial charge in [-0.15, -0.1) is 0 Å². The van der Waals surface area contributed by atoms with Crippen LogP contribution in [0.3, 0.4) is 0 Å². The molecule has 1 aliphatic heterocycles. The average molecular weight is 513 g/mol. The van der Waals surface area contributed by atoms with E-state index in [9.17, 15) is 22.4 Å². The molecule has 190 valence electrons. The lowest BCUT2D eigenvalue weighted by Gasteiger charge is -2.19. The molecule has 1 amide bonds. The van der Waals surface area contributed by atoms with Crippen molar-refractivity contribution in [3.05, 3.63) is 71.2 Å². The first kappa shape index (κ1) is 23.4. The molecule has 6 nitrogen and oxygen atoms in total. The number of carbonyl (C=O) groups is 1. The number of hydrogen-bond acceptors (Lipinski definition) is 4. The average Bonchev–Trinajstić information content (AvgIpc) is 3.47. The normalized spacial score (nSPS) is 15.4. The monoisotopic (exact) mass is 513 g/mol. The van der Waals surface area contributed by atoms with E-state index in [4.69, 9.17) is 5.73 Å². The number of anilines is 2. The maximum atomic E-state index is 15.8. The Kier molecular flexibility index (Phi) is 5.22. The number of carbonyl (C=O) groups excluding carboxylic acids is 1. The summed E-state index contributed by atoms with van der Waals surface area (Å²) in [4.78, 5) is 22.7. The summed E-state index contributed by atoms with van der Waals surface area (Å²) in [6.07, 6.45) is 0.137. The fourth-order valence-electron chi connectivity index (χ4n) is 5.00. The van der Waals surface area contributed by atoms with Gasteiger partial charge in [0.25, 0.3) is 0 Å². The van der Waals surface area contributed by atoms with Crippen molar-refractivity contribution in [2.45, 2.75) is 37.9 Å². The molecule has 0 radical (unpaired) electrons. The number of benzene rings is 2. The molecule has 37 heavy (non-hydrogen) atoms. The summed E-state index contributed by atoms with van der Waals surface area (Å²) in [5, 5.41) is 0.555. The van der Waals surface area contributed by atoms with E-state index in [0.717, 1.165) is 12.8 Å². The van der Waals surface area contributed by atoms with Crippen LogP contribution in [0.2, 0.25) is 0 Å². The molecule has 2 aliphatic rings. The first-order valence-electron chi connectivity index (χ1n) is 11.7. The smallest absolute Gasteiger partial charge is 0.383 e. The quantitative estimate of drug-likeness (QED) is 0.369. The molecule has 4 aromatic rings. The SMILES string of the molecule is Nc1ncnc2c1c(-c1ccc3c(c1F)CCN3C(=O)Cc1cc(C(F)(F)F)ccc1F)cn2C1CC1. The predicted molar refractivity (Wildman–Crippen MR) is 127 cm³/mol. The Morgan fingerprint density at radius 1 is 1.08 bits per heavy atom. The predicted octanol–water partition coefficient (Wildman–Crippen LogP) is 5.44. The van der Waals surface area contributed by atoms with E-state index in [1.807, 2.05) is 10.8 Å². The maximum Gasteiger partial charge on any atom is 0.416 e. The van der Waals surface area contributed by atoms with Crippen molar-refractivity contribution in [1.82, 2.24) is 14.5 Å². The van der Waals surface area contributed by atoms with E-state index < -0.39 is 35.7 Å². The number of alkyl halides is 3. The van der Waals surface area contributed by atoms with Crippen LogP contribution in [0, 0.1) is 11.6 Å². The van der Waals surface area contributed by atoms with Crippen molar-refractivity contribution in [3.63, 3.8) is 0 Å². The van der Waals surface area contributed by atoms with Gasteiger partial charge in [0, 0.05) is 41.2 Å². The standard InChI is InChI=1S/C26H20F5N5O/c27-19-5-1-14(26(29,30)31)9-13(19)10-21(37)35-8-7-17-20(35)6-4-16(23(17)28)18-11-36(15-2-3-15)25-22(18)24(32)33-12-34-25/h1,4-6,9,11-12,15H,2-3,7-8,10H2,(H2,32,33,34). The van der Waals surface area contributed by atoms with Crippen LogP contribution in [0.1, 0.15) is 35.6 Å². The minimum absolute atomic E-state index is 0.129. The number of aromatic nitrogens is 3. The minimum atomic E-state index is -4.66. The van der Waals surface area contributed by atoms with Crippen molar-refractivity contribution in [1.29, 1.82) is 0 Å². The molecule has 6 rings (SSSR count). The topological polar surface area (TPSA) is 77.0 Å².